The number of ether oxygens (including phenoxy) is 2. The molecule has 0 radical (unpaired) electrons. The molecular formula is C31H26BrClN2O3. The van der Waals surface area contributed by atoms with Gasteiger partial charge in [0.1, 0.15) is 0 Å². The maximum atomic E-state index is 13.8. The van der Waals surface area contributed by atoms with Crippen LogP contribution in [0.25, 0.3) is 21.5 Å². The van der Waals surface area contributed by atoms with E-state index in [0.29, 0.717) is 30.2 Å². The number of fused-ring (bicyclic) bond motifs is 2. The number of carbonyl (C=O) groups is 1. The summed E-state index contributed by atoms with van der Waals surface area (Å²) in [6, 6.07) is 23.9. The molecule has 38 heavy (non-hydrogen) atoms. The molecule has 0 bridgehead atoms. The lowest BCUT2D eigenvalue weighted by atomic mass is 9.90. The Morgan fingerprint density at radius 3 is 2.42 bits per heavy atom. The van der Waals surface area contributed by atoms with Gasteiger partial charge >= 0.3 is 0 Å². The number of methoxy groups -OCH3 is 2. The molecule has 4 aromatic carbocycles. The first-order valence-electron chi connectivity index (χ1n) is 12.2. The van der Waals surface area contributed by atoms with Gasteiger partial charge < -0.3 is 31.4 Å². The smallest absolute Gasteiger partial charge is 0.258 e. The van der Waals surface area contributed by atoms with Crippen LogP contribution in [-0.2, 0) is 13.0 Å². The third kappa shape index (κ3) is 4.38. The van der Waals surface area contributed by atoms with Gasteiger partial charge in [-0.15, -0.1) is 0 Å². The van der Waals surface area contributed by atoms with Gasteiger partial charge in [0, 0.05) is 35.0 Å². The Hall–Kier alpha value is -3.61. The highest BCUT2D eigenvalue weighted by atomic mass is 79.9. The van der Waals surface area contributed by atoms with Crippen LogP contribution >= 0.6 is 11.6 Å². The predicted octanol–water partition coefficient (Wildman–Crippen LogP) is 3.21. The minimum atomic E-state index is -0.0260. The minimum Gasteiger partial charge on any atom is -1.00 e. The number of halogens is 2. The summed E-state index contributed by atoms with van der Waals surface area (Å²) in [5.41, 5.74) is 3.72. The second kappa shape index (κ2) is 10.6. The van der Waals surface area contributed by atoms with Gasteiger partial charge in [0.05, 0.1) is 30.5 Å². The molecule has 0 saturated carbocycles. The van der Waals surface area contributed by atoms with Crippen LogP contribution in [0.2, 0.25) is 5.02 Å². The Morgan fingerprint density at radius 1 is 0.947 bits per heavy atom. The Morgan fingerprint density at radius 2 is 1.68 bits per heavy atom. The van der Waals surface area contributed by atoms with Crippen LogP contribution in [0.5, 0.6) is 11.5 Å². The topological polar surface area (TPSA) is 42.7 Å². The lowest BCUT2D eigenvalue weighted by Crippen LogP contribution is -3.00. The van der Waals surface area contributed by atoms with Crippen molar-refractivity contribution >= 4 is 44.7 Å². The number of hydrogen-bond acceptors (Lipinski definition) is 3. The third-order valence-electron chi connectivity index (χ3n) is 7.12. The summed E-state index contributed by atoms with van der Waals surface area (Å²) in [6.45, 7) is 1.22. The molecule has 2 heterocycles. The zero-order chi connectivity index (χ0) is 25.5. The van der Waals surface area contributed by atoms with E-state index in [1.54, 1.807) is 14.2 Å². The van der Waals surface area contributed by atoms with E-state index in [2.05, 4.69) is 18.2 Å². The van der Waals surface area contributed by atoms with Gasteiger partial charge in [-0.3, -0.25) is 4.79 Å². The fourth-order valence-electron chi connectivity index (χ4n) is 5.33. The number of carbonyl (C=O) groups excluding carboxylic acids is 1. The third-order valence-corrected chi connectivity index (χ3v) is 7.49. The standard InChI is InChI=1S/C31H26ClN2O3.BrH/c1-36-27-18-22-13-16-34(26-17-21-7-3-5-9-24(21)29(28(22)26)30(27)37-2)31(35)20-11-14-33(15-12-20)19-23-8-4-6-10-25(23)32;/h3-12,14-15,17-18H,13,16,19H2,1-2H3;1H/q+1;/p-1. The Kier molecular flexibility index (Phi) is 7.28. The van der Waals surface area contributed by atoms with E-state index >= 15 is 0 Å². The van der Waals surface area contributed by atoms with E-state index in [9.17, 15) is 4.79 Å². The molecule has 0 unspecified atom stereocenters. The number of hydrogen-bond donors (Lipinski definition) is 0. The van der Waals surface area contributed by atoms with Crippen LogP contribution in [-0.4, -0.2) is 26.7 Å². The molecule has 0 atom stereocenters. The fourth-order valence-corrected chi connectivity index (χ4v) is 5.52. The highest BCUT2D eigenvalue weighted by Gasteiger charge is 2.29. The van der Waals surface area contributed by atoms with Crippen LogP contribution < -0.4 is 35.9 Å². The van der Waals surface area contributed by atoms with Crippen molar-refractivity contribution in [3.63, 3.8) is 0 Å². The predicted molar refractivity (Wildman–Crippen MR) is 147 cm³/mol. The first-order chi connectivity index (χ1) is 18.1. The van der Waals surface area contributed by atoms with E-state index in [-0.39, 0.29) is 22.9 Å². The summed E-state index contributed by atoms with van der Waals surface area (Å²) in [5, 5.41) is 4.88. The summed E-state index contributed by atoms with van der Waals surface area (Å²) < 4.78 is 13.6. The average Bonchev–Trinajstić information content (AvgIpc) is 2.94. The number of aromatic nitrogens is 1. The second-order valence-electron chi connectivity index (χ2n) is 9.20. The molecular weight excluding hydrogens is 564 g/mol. The average molecular weight is 590 g/mol. The van der Waals surface area contributed by atoms with Gasteiger partial charge in [-0.25, -0.2) is 4.57 Å². The maximum Gasteiger partial charge on any atom is 0.258 e. The lowest BCUT2D eigenvalue weighted by Gasteiger charge is -2.31. The second-order valence-corrected chi connectivity index (χ2v) is 9.60. The summed E-state index contributed by atoms with van der Waals surface area (Å²) in [6.07, 6.45) is 4.59. The molecule has 6 rings (SSSR count). The quantitative estimate of drug-likeness (QED) is 0.234. The number of amides is 1. The fraction of sp³-hybridized carbons (Fsp3) is 0.161. The van der Waals surface area contributed by atoms with Crippen molar-refractivity contribution in [1.29, 1.82) is 0 Å². The number of benzene rings is 4. The zero-order valence-corrected chi connectivity index (χ0v) is 23.4. The Labute approximate surface area is 236 Å². The molecule has 0 fully saturated rings. The molecule has 1 aromatic heterocycles. The maximum absolute atomic E-state index is 13.8. The first-order valence-corrected chi connectivity index (χ1v) is 12.6. The molecule has 5 aromatic rings. The van der Waals surface area contributed by atoms with Gasteiger partial charge in [-0.1, -0.05) is 54.1 Å². The normalized spacial score (nSPS) is 12.3. The summed E-state index contributed by atoms with van der Waals surface area (Å²) in [4.78, 5) is 15.7. The van der Waals surface area contributed by atoms with Crippen molar-refractivity contribution in [2.75, 3.05) is 25.7 Å². The van der Waals surface area contributed by atoms with Crippen molar-refractivity contribution in [3.05, 3.63) is 107 Å². The Balaban J connectivity index is 0.00000294. The molecule has 0 saturated heterocycles. The largest absolute Gasteiger partial charge is 1.00 e. The van der Waals surface area contributed by atoms with Gasteiger partial charge in [0.25, 0.3) is 5.91 Å². The highest BCUT2D eigenvalue weighted by Crippen LogP contribution is 2.47. The van der Waals surface area contributed by atoms with Crippen molar-refractivity contribution in [3.8, 4) is 11.5 Å². The summed E-state index contributed by atoms with van der Waals surface area (Å²) >= 11 is 6.33. The molecule has 1 amide bonds. The number of anilines is 1. The summed E-state index contributed by atoms with van der Waals surface area (Å²) in [5.74, 6) is 1.37. The molecule has 5 nitrogen and oxygen atoms in total. The highest BCUT2D eigenvalue weighted by molar-refractivity contribution is 6.31. The van der Waals surface area contributed by atoms with E-state index in [1.165, 1.54) is 0 Å². The molecule has 0 aliphatic carbocycles. The lowest BCUT2D eigenvalue weighted by molar-refractivity contribution is -0.688. The van der Waals surface area contributed by atoms with Crippen LogP contribution in [0.1, 0.15) is 21.5 Å². The van der Waals surface area contributed by atoms with Crippen LogP contribution in [0, 0.1) is 0 Å². The van der Waals surface area contributed by atoms with Crippen molar-refractivity contribution in [2.45, 2.75) is 13.0 Å². The van der Waals surface area contributed by atoms with E-state index in [0.717, 1.165) is 49.8 Å². The zero-order valence-electron chi connectivity index (χ0n) is 21.1. The molecule has 1 aliphatic rings. The van der Waals surface area contributed by atoms with Crippen LogP contribution in [0.15, 0.2) is 85.2 Å². The monoisotopic (exact) mass is 588 g/mol. The van der Waals surface area contributed by atoms with E-state index in [4.69, 9.17) is 21.1 Å². The minimum absolute atomic E-state index is 0. The Bertz CT molecular complexity index is 1670. The summed E-state index contributed by atoms with van der Waals surface area (Å²) in [7, 11) is 3.32. The first kappa shape index (κ1) is 26.0. The van der Waals surface area contributed by atoms with Crippen molar-refractivity contribution < 1.29 is 35.8 Å². The van der Waals surface area contributed by atoms with Crippen LogP contribution in [0.4, 0.5) is 5.69 Å². The van der Waals surface area contributed by atoms with Gasteiger partial charge in [-0.05, 0) is 41.0 Å². The molecule has 0 spiro atoms. The molecule has 1 aliphatic heterocycles. The molecule has 192 valence electrons. The van der Waals surface area contributed by atoms with Gasteiger partial charge in [0.15, 0.2) is 30.4 Å². The van der Waals surface area contributed by atoms with Crippen molar-refractivity contribution in [1.82, 2.24) is 0 Å². The van der Waals surface area contributed by atoms with Gasteiger partial charge in [0.2, 0.25) is 0 Å². The van der Waals surface area contributed by atoms with Crippen molar-refractivity contribution in [2.24, 2.45) is 0 Å². The molecule has 7 heteroatoms. The van der Waals surface area contributed by atoms with Crippen LogP contribution in [0.3, 0.4) is 0 Å². The number of rotatable bonds is 5. The van der Waals surface area contributed by atoms with E-state index in [1.807, 2.05) is 76.5 Å². The van der Waals surface area contributed by atoms with E-state index < -0.39 is 0 Å². The van der Waals surface area contributed by atoms with Gasteiger partial charge in [-0.2, -0.15) is 0 Å². The number of pyridine rings is 1. The molecule has 0 N–H and O–H groups in total. The number of nitrogens with zero attached hydrogens (tertiary/aromatic N) is 2. The SMILES string of the molecule is COc1cc2c3c(cc4ccccc4c3c1OC)N(C(=O)c1cc[n+](Cc3ccccc3Cl)cc1)CC2.[Br-].